The summed E-state index contributed by atoms with van der Waals surface area (Å²) >= 11 is 0. The molecule has 1 fully saturated rings. The van der Waals surface area contributed by atoms with E-state index < -0.39 is 9.84 Å². The molecule has 2 heterocycles. The van der Waals surface area contributed by atoms with E-state index in [1.165, 1.54) is 0 Å². The lowest BCUT2D eigenvalue weighted by Gasteiger charge is -2.29. The van der Waals surface area contributed by atoms with Crippen molar-refractivity contribution in [1.29, 1.82) is 0 Å². The van der Waals surface area contributed by atoms with Gasteiger partial charge in [-0.2, -0.15) is 0 Å². The standard InChI is InChI=1S/C18H23NO4S/c1-12(2)10-19(14-8-9-24(21,22)11-14)18(20)17-13(3)15-6-4-5-7-16(15)23-17/h4-7,12,14H,8-11H2,1-3H3. The molecule has 130 valence electrons. The zero-order chi connectivity index (χ0) is 17.5. The molecule has 1 aliphatic rings. The SMILES string of the molecule is Cc1c(C(=O)N(CC(C)C)C2CCS(=O)(=O)C2)oc2ccccc12. The van der Waals surface area contributed by atoms with Crippen molar-refractivity contribution < 1.29 is 17.6 Å². The highest BCUT2D eigenvalue weighted by molar-refractivity contribution is 7.91. The molecule has 0 spiro atoms. The van der Waals surface area contributed by atoms with Gasteiger partial charge in [0.05, 0.1) is 11.5 Å². The predicted molar refractivity (Wildman–Crippen MR) is 93.9 cm³/mol. The maximum absolute atomic E-state index is 13.1. The van der Waals surface area contributed by atoms with Crippen LogP contribution in [-0.2, 0) is 9.84 Å². The number of para-hydroxylation sites is 1. The third kappa shape index (κ3) is 3.20. The first-order chi connectivity index (χ1) is 11.3. The Hall–Kier alpha value is -1.82. The summed E-state index contributed by atoms with van der Waals surface area (Å²) < 4.78 is 29.5. The number of hydrogen-bond acceptors (Lipinski definition) is 4. The van der Waals surface area contributed by atoms with E-state index in [4.69, 9.17) is 4.42 Å². The predicted octanol–water partition coefficient (Wildman–Crippen LogP) is 3.03. The van der Waals surface area contributed by atoms with Crippen molar-refractivity contribution in [2.24, 2.45) is 5.92 Å². The number of nitrogens with zero attached hydrogens (tertiary/aromatic N) is 1. The van der Waals surface area contributed by atoms with Crippen molar-refractivity contribution in [3.8, 4) is 0 Å². The van der Waals surface area contributed by atoms with E-state index in [0.717, 1.165) is 10.9 Å². The zero-order valence-electron chi connectivity index (χ0n) is 14.3. The van der Waals surface area contributed by atoms with Gasteiger partial charge in [0.1, 0.15) is 5.58 Å². The largest absolute Gasteiger partial charge is 0.451 e. The van der Waals surface area contributed by atoms with E-state index in [-0.39, 0.29) is 29.4 Å². The first-order valence-corrected chi connectivity index (χ1v) is 10.1. The van der Waals surface area contributed by atoms with E-state index >= 15 is 0 Å². The molecule has 5 nitrogen and oxygen atoms in total. The van der Waals surface area contributed by atoms with Gasteiger partial charge in [0, 0.05) is 23.5 Å². The molecule has 1 aromatic carbocycles. The molecule has 1 amide bonds. The van der Waals surface area contributed by atoms with E-state index in [1.807, 2.05) is 45.0 Å². The summed E-state index contributed by atoms with van der Waals surface area (Å²) in [6.45, 7) is 6.44. The van der Waals surface area contributed by atoms with Crippen molar-refractivity contribution in [1.82, 2.24) is 4.90 Å². The van der Waals surface area contributed by atoms with Gasteiger partial charge in [0.2, 0.25) is 0 Å². The Morgan fingerprint density at radius 2 is 2.04 bits per heavy atom. The van der Waals surface area contributed by atoms with Gasteiger partial charge < -0.3 is 9.32 Å². The van der Waals surface area contributed by atoms with Gasteiger partial charge in [-0.15, -0.1) is 0 Å². The summed E-state index contributed by atoms with van der Waals surface area (Å²) in [6, 6.07) is 7.28. The van der Waals surface area contributed by atoms with E-state index in [2.05, 4.69) is 0 Å². The fraction of sp³-hybridized carbons (Fsp3) is 0.500. The molecule has 24 heavy (non-hydrogen) atoms. The molecule has 3 rings (SSSR count). The van der Waals surface area contributed by atoms with Crippen LogP contribution in [0.3, 0.4) is 0 Å². The number of rotatable bonds is 4. The Labute approximate surface area is 142 Å². The summed E-state index contributed by atoms with van der Waals surface area (Å²) in [5, 5.41) is 0.921. The number of carbonyl (C=O) groups excluding carboxylic acids is 1. The number of furan rings is 1. The number of amides is 1. The van der Waals surface area contributed by atoms with Gasteiger partial charge in [-0.1, -0.05) is 32.0 Å². The van der Waals surface area contributed by atoms with Gasteiger partial charge in [-0.05, 0) is 25.3 Å². The van der Waals surface area contributed by atoms with Crippen LogP contribution in [0.5, 0.6) is 0 Å². The lowest BCUT2D eigenvalue weighted by atomic mass is 10.1. The number of aryl methyl sites for hydroxylation is 1. The van der Waals surface area contributed by atoms with Crippen LogP contribution in [0, 0.1) is 12.8 Å². The molecule has 1 unspecified atom stereocenters. The average Bonchev–Trinajstić information content (AvgIpc) is 3.04. The number of sulfone groups is 1. The summed E-state index contributed by atoms with van der Waals surface area (Å²) in [5.74, 6) is 0.561. The van der Waals surface area contributed by atoms with Crippen molar-refractivity contribution >= 4 is 26.7 Å². The summed E-state index contributed by atoms with van der Waals surface area (Å²) in [6.07, 6.45) is 0.500. The summed E-state index contributed by atoms with van der Waals surface area (Å²) in [7, 11) is -3.05. The fourth-order valence-electron chi connectivity index (χ4n) is 3.32. The maximum Gasteiger partial charge on any atom is 0.290 e. The number of carbonyl (C=O) groups is 1. The number of benzene rings is 1. The van der Waals surface area contributed by atoms with Crippen molar-refractivity contribution in [3.63, 3.8) is 0 Å². The van der Waals surface area contributed by atoms with E-state index in [1.54, 1.807) is 4.90 Å². The minimum Gasteiger partial charge on any atom is -0.451 e. The molecule has 0 bridgehead atoms. The number of fused-ring (bicyclic) bond motifs is 1. The van der Waals surface area contributed by atoms with Crippen LogP contribution in [0.25, 0.3) is 11.0 Å². The molecule has 1 saturated heterocycles. The van der Waals surface area contributed by atoms with Crippen molar-refractivity contribution in [3.05, 3.63) is 35.6 Å². The third-order valence-electron chi connectivity index (χ3n) is 4.51. The zero-order valence-corrected chi connectivity index (χ0v) is 15.1. The minimum atomic E-state index is -3.05. The highest BCUT2D eigenvalue weighted by atomic mass is 32.2. The van der Waals surface area contributed by atoms with Gasteiger partial charge >= 0.3 is 0 Å². The van der Waals surface area contributed by atoms with Crippen molar-refractivity contribution in [2.75, 3.05) is 18.1 Å². The molecule has 0 radical (unpaired) electrons. The van der Waals surface area contributed by atoms with Gasteiger partial charge in [-0.3, -0.25) is 4.79 Å². The molecule has 1 aromatic heterocycles. The monoisotopic (exact) mass is 349 g/mol. The maximum atomic E-state index is 13.1. The Kier molecular flexibility index (Phi) is 4.42. The Bertz CT molecular complexity index is 866. The highest BCUT2D eigenvalue weighted by Gasteiger charge is 2.36. The first kappa shape index (κ1) is 17.0. The van der Waals surface area contributed by atoms with Crippen molar-refractivity contribution in [2.45, 2.75) is 33.2 Å². The van der Waals surface area contributed by atoms with Crippen LogP contribution < -0.4 is 0 Å². The second-order valence-corrected chi connectivity index (χ2v) is 9.19. The lowest BCUT2D eigenvalue weighted by Crippen LogP contribution is -2.43. The van der Waals surface area contributed by atoms with Crippen LogP contribution in [0.2, 0.25) is 0 Å². The first-order valence-electron chi connectivity index (χ1n) is 8.28. The van der Waals surface area contributed by atoms with Gasteiger partial charge in [0.15, 0.2) is 15.6 Å². The molecule has 6 heteroatoms. The lowest BCUT2D eigenvalue weighted by molar-refractivity contribution is 0.0641. The smallest absolute Gasteiger partial charge is 0.290 e. The fourth-order valence-corrected chi connectivity index (χ4v) is 5.05. The molecule has 0 aliphatic carbocycles. The Morgan fingerprint density at radius 3 is 2.62 bits per heavy atom. The number of hydrogen-bond donors (Lipinski definition) is 0. The van der Waals surface area contributed by atoms with Crippen LogP contribution in [0.15, 0.2) is 28.7 Å². The minimum absolute atomic E-state index is 0.0464. The van der Waals surface area contributed by atoms with Crippen LogP contribution >= 0.6 is 0 Å². The van der Waals surface area contributed by atoms with Gasteiger partial charge in [0.25, 0.3) is 5.91 Å². The van der Waals surface area contributed by atoms with Crippen LogP contribution in [-0.4, -0.2) is 43.3 Å². The Balaban J connectivity index is 1.97. The quantitative estimate of drug-likeness (QED) is 0.851. The second kappa shape index (κ2) is 6.24. The Morgan fingerprint density at radius 1 is 1.33 bits per heavy atom. The van der Waals surface area contributed by atoms with Gasteiger partial charge in [-0.25, -0.2) is 8.42 Å². The van der Waals surface area contributed by atoms with Crippen LogP contribution in [0.1, 0.15) is 36.4 Å². The van der Waals surface area contributed by atoms with Crippen LogP contribution in [0.4, 0.5) is 0 Å². The topological polar surface area (TPSA) is 67.6 Å². The molecule has 0 saturated carbocycles. The van der Waals surface area contributed by atoms with E-state index in [9.17, 15) is 13.2 Å². The molecular weight excluding hydrogens is 326 g/mol. The molecular formula is C18H23NO4S. The molecule has 1 atom stereocenters. The summed E-state index contributed by atoms with van der Waals surface area (Å²) in [4.78, 5) is 14.8. The van der Waals surface area contributed by atoms with E-state index in [0.29, 0.717) is 24.3 Å². The third-order valence-corrected chi connectivity index (χ3v) is 6.26. The summed E-state index contributed by atoms with van der Waals surface area (Å²) in [5.41, 5.74) is 1.49. The average molecular weight is 349 g/mol. The normalized spacial score (nSPS) is 19.9. The highest BCUT2D eigenvalue weighted by Crippen LogP contribution is 2.28. The molecule has 0 N–H and O–H groups in total. The molecule has 1 aliphatic heterocycles. The second-order valence-electron chi connectivity index (χ2n) is 6.96. The molecule has 2 aromatic rings.